The lowest BCUT2D eigenvalue weighted by atomic mass is 10.0. The van der Waals surface area contributed by atoms with E-state index in [4.69, 9.17) is 21.1 Å². The van der Waals surface area contributed by atoms with Crippen LogP contribution in [-0.4, -0.2) is 85.8 Å². The highest BCUT2D eigenvalue weighted by molar-refractivity contribution is 5.84. The second kappa shape index (κ2) is 8.55. The molecule has 0 aromatic carbocycles. The van der Waals surface area contributed by atoms with E-state index >= 15 is 0 Å². The number of primary amides is 1. The van der Waals surface area contributed by atoms with Crippen molar-refractivity contribution >= 4 is 18.1 Å². The average Bonchev–Trinajstić information content (AvgIpc) is 2.39. The summed E-state index contributed by atoms with van der Waals surface area (Å²) in [7, 11) is 0. The normalized spacial score (nSPS) is 19.2. The van der Waals surface area contributed by atoms with Crippen LogP contribution in [-0.2, 0) is 9.59 Å². The number of hydrogen-bond acceptors (Lipinski definition) is 8. The second-order valence-electron chi connectivity index (χ2n) is 4.04. The molecule has 10 nitrogen and oxygen atoms in total. The van der Waals surface area contributed by atoms with Crippen molar-refractivity contribution in [3.63, 3.8) is 0 Å². The Morgan fingerprint density at radius 3 is 2.10 bits per heavy atom. The maximum absolute atomic E-state index is 10.7. The number of aliphatic carboxylic acids is 1. The van der Waals surface area contributed by atoms with Gasteiger partial charge in [0.2, 0.25) is 5.91 Å². The van der Waals surface area contributed by atoms with E-state index in [9.17, 15) is 24.9 Å². The van der Waals surface area contributed by atoms with Crippen LogP contribution in [0.25, 0.3) is 0 Å². The fourth-order valence-electron chi connectivity index (χ4n) is 1.21. The summed E-state index contributed by atoms with van der Waals surface area (Å²) < 4.78 is 0. The molecule has 5 atom stereocenters. The van der Waals surface area contributed by atoms with Gasteiger partial charge in [-0.2, -0.15) is 0 Å². The third kappa shape index (κ3) is 6.04. The molecular weight excluding hydrogens is 276 g/mol. The zero-order valence-electron chi connectivity index (χ0n) is 10.4. The van der Waals surface area contributed by atoms with Crippen LogP contribution >= 0.6 is 0 Å². The summed E-state index contributed by atoms with van der Waals surface area (Å²) in [6, 6.07) is -1.53. The molecule has 20 heavy (non-hydrogen) atoms. The first-order valence-corrected chi connectivity index (χ1v) is 5.58. The molecule has 10 heteroatoms. The van der Waals surface area contributed by atoms with Gasteiger partial charge < -0.3 is 36.4 Å². The molecule has 0 rings (SSSR count). The van der Waals surface area contributed by atoms with E-state index in [1.807, 2.05) is 0 Å². The molecule has 0 aliphatic heterocycles. The Labute approximate surface area is 113 Å². The van der Waals surface area contributed by atoms with Gasteiger partial charge >= 0.3 is 5.97 Å². The molecule has 116 valence electrons. The fraction of sp³-hybridized carbons (Fsp3) is 0.700. The molecule has 0 radical (unpaired) electrons. The van der Waals surface area contributed by atoms with Crippen LogP contribution in [0.1, 0.15) is 6.42 Å². The largest absolute Gasteiger partial charge is 0.480 e. The van der Waals surface area contributed by atoms with Gasteiger partial charge in [0.15, 0.2) is 6.04 Å². The van der Waals surface area contributed by atoms with Gasteiger partial charge in [0.25, 0.3) is 0 Å². The Bertz CT molecular complexity index is 361. The van der Waals surface area contributed by atoms with Crippen LogP contribution in [0.2, 0.25) is 0 Å². The van der Waals surface area contributed by atoms with E-state index in [1.54, 1.807) is 0 Å². The van der Waals surface area contributed by atoms with Gasteiger partial charge in [-0.3, -0.25) is 9.79 Å². The molecular formula is C10H18N2O8. The van der Waals surface area contributed by atoms with Crippen molar-refractivity contribution in [3.05, 3.63) is 0 Å². The Kier molecular flexibility index (Phi) is 7.87. The van der Waals surface area contributed by atoms with Crippen LogP contribution in [0.5, 0.6) is 0 Å². The quantitative estimate of drug-likeness (QED) is 0.208. The lowest BCUT2D eigenvalue weighted by Crippen LogP contribution is -2.46. The number of carbonyl (C=O) groups excluding carboxylic acids is 1. The Hall–Kier alpha value is -1.59. The van der Waals surface area contributed by atoms with Crippen LogP contribution < -0.4 is 5.73 Å². The number of amides is 1. The number of aliphatic hydroxyl groups excluding tert-OH is 5. The van der Waals surface area contributed by atoms with Crippen LogP contribution in [0.15, 0.2) is 4.99 Å². The van der Waals surface area contributed by atoms with Gasteiger partial charge in [0.1, 0.15) is 24.4 Å². The fourth-order valence-corrected chi connectivity index (χ4v) is 1.21. The molecule has 0 saturated heterocycles. The van der Waals surface area contributed by atoms with E-state index in [2.05, 4.69) is 4.99 Å². The van der Waals surface area contributed by atoms with Crippen LogP contribution in [0.4, 0.5) is 0 Å². The minimum absolute atomic E-state index is 0.601. The average molecular weight is 294 g/mol. The van der Waals surface area contributed by atoms with Gasteiger partial charge in [-0.25, -0.2) is 4.79 Å². The summed E-state index contributed by atoms with van der Waals surface area (Å²) in [5, 5.41) is 54.5. The standard InChI is InChI=1S/C10H18N2O8/c11-7(16)1-4(10(19)20)12-2-5(14)8(17)9(18)6(15)3-13/h2,4-6,8-9,13-15,17-18H,1,3H2,(H2,11,16)(H,19,20). The summed E-state index contributed by atoms with van der Waals surface area (Å²) in [5.74, 6) is -2.38. The molecule has 0 heterocycles. The maximum atomic E-state index is 10.7. The number of aliphatic imine (C=N–C) groups is 1. The third-order valence-electron chi connectivity index (χ3n) is 2.38. The number of carboxylic acids is 1. The molecule has 8 N–H and O–H groups in total. The van der Waals surface area contributed by atoms with Gasteiger partial charge in [0.05, 0.1) is 13.0 Å². The van der Waals surface area contributed by atoms with Crippen molar-refractivity contribution in [2.24, 2.45) is 10.7 Å². The van der Waals surface area contributed by atoms with Crippen LogP contribution in [0, 0.1) is 0 Å². The van der Waals surface area contributed by atoms with Crippen molar-refractivity contribution in [1.82, 2.24) is 0 Å². The first-order chi connectivity index (χ1) is 9.20. The molecule has 1 amide bonds. The first kappa shape index (κ1) is 18.4. The smallest absolute Gasteiger partial charge is 0.328 e. The minimum atomic E-state index is -1.90. The third-order valence-corrected chi connectivity index (χ3v) is 2.38. The number of hydrogen-bond donors (Lipinski definition) is 7. The second-order valence-corrected chi connectivity index (χ2v) is 4.04. The van der Waals surface area contributed by atoms with Gasteiger partial charge in [-0.15, -0.1) is 0 Å². The van der Waals surface area contributed by atoms with Gasteiger partial charge in [-0.1, -0.05) is 0 Å². The van der Waals surface area contributed by atoms with Crippen LogP contribution in [0.3, 0.4) is 0 Å². The van der Waals surface area contributed by atoms with Crippen molar-refractivity contribution in [2.75, 3.05) is 6.61 Å². The maximum Gasteiger partial charge on any atom is 0.328 e. The zero-order chi connectivity index (χ0) is 15.9. The Morgan fingerprint density at radius 1 is 1.15 bits per heavy atom. The molecule has 0 aromatic heterocycles. The predicted octanol–water partition coefficient (Wildman–Crippen LogP) is -4.18. The molecule has 0 spiro atoms. The summed E-state index contributed by atoms with van der Waals surface area (Å²) in [4.78, 5) is 24.7. The topological polar surface area (TPSA) is 194 Å². The number of aliphatic hydroxyl groups is 5. The van der Waals surface area contributed by atoms with E-state index in [0.717, 1.165) is 0 Å². The molecule has 0 saturated carbocycles. The molecule has 5 unspecified atom stereocenters. The zero-order valence-corrected chi connectivity index (χ0v) is 10.4. The molecule has 0 aromatic rings. The molecule has 0 fully saturated rings. The van der Waals surface area contributed by atoms with E-state index in [0.29, 0.717) is 6.21 Å². The highest BCUT2D eigenvalue weighted by atomic mass is 16.4. The highest BCUT2D eigenvalue weighted by Gasteiger charge is 2.29. The summed E-state index contributed by atoms with van der Waals surface area (Å²) >= 11 is 0. The highest BCUT2D eigenvalue weighted by Crippen LogP contribution is 2.05. The number of carbonyl (C=O) groups is 2. The van der Waals surface area contributed by atoms with Crippen molar-refractivity contribution in [2.45, 2.75) is 36.9 Å². The lowest BCUT2D eigenvalue weighted by molar-refractivity contribution is -0.140. The van der Waals surface area contributed by atoms with Crippen molar-refractivity contribution in [1.29, 1.82) is 0 Å². The minimum Gasteiger partial charge on any atom is -0.480 e. The summed E-state index contributed by atoms with van der Waals surface area (Å²) in [6.07, 6.45) is -7.24. The monoisotopic (exact) mass is 294 g/mol. The number of carboxylic acid groups (broad SMARTS) is 1. The van der Waals surface area contributed by atoms with E-state index in [1.165, 1.54) is 0 Å². The summed E-state index contributed by atoms with van der Waals surface area (Å²) in [6.45, 7) is -0.846. The van der Waals surface area contributed by atoms with E-state index < -0.39 is 55.4 Å². The SMILES string of the molecule is NC(=O)CC(N=CC(O)C(O)C(O)C(O)CO)C(=O)O. The van der Waals surface area contributed by atoms with Crippen molar-refractivity contribution in [3.8, 4) is 0 Å². The predicted molar refractivity (Wildman–Crippen MR) is 64.8 cm³/mol. The van der Waals surface area contributed by atoms with E-state index in [-0.39, 0.29) is 0 Å². The Morgan fingerprint density at radius 2 is 1.70 bits per heavy atom. The number of nitrogens with zero attached hydrogens (tertiary/aromatic N) is 1. The molecule has 0 bridgehead atoms. The van der Waals surface area contributed by atoms with Gasteiger partial charge in [-0.05, 0) is 0 Å². The van der Waals surface area contributed by atoms with Gasteiger partial charge in [0, 0.05) is 6.21 Å². The lowest BCUT2D eigenvalue weighted by Gasteiger charge is -2.23. The number of rotatable bonds is 9. The first-order valence-electron chi connectivity index (χ1n) is 5.58. The van der Waals surface area contributed by atoms with Crippen molar-refractivity contribution < 1.29 is 40.2 Å². The molecule has 0 aliphatic rings. The number of nitrogens with two attached hydrogens (primary N) is 1. The summed E-state index contributed by atoms with van der Waals surface area (Å²) in [5.41, 5.74) is 4.81. The molecule has 0 aliphatic carbocycles. The Balaban J connectivity index is 4.69.